The van der Waals surface area contributed by atoms with Crippen LogP contribution in [0.3, 0.4) is 0 Å². The molecule has 4 rings (SSSR count). The van der Waals surface area contributed by atoms with Crippen LogP contribution in [0.2, 0.25) is 0 Å². The number of ether oxygens (including phenoxy) is 4. The minimum absolute atomic E-state index is 0.0409. The van der Waals surface area contributed by atoms with E-state index in [0.717, 1.165) is 42.8 Å². The topological polar surface area (TPSA) is 108 Å². The maximum Gasteiger partial charge on any atom is 0.241 e. The molecule has 10 nitrogen and oxygen atoms in total. The summed E-state index contributed by atoms with van der Waals surface area (Å²) in [5.74, 6) is 3.54. The van der Waals surface area contributed by atoms with E-state index < -0.39 is 0 Å². The highest BCUT2D eigenvalue weighted by Gasteiger charge is 2.26. The van der Waals surface area contributed by atoms with Gasteiger partial charge in [-0.3, -0.25) is 9.69 Å². The second-order valence-corrected chi connectivity index (χ2v) is 8.54. The van der Waals surface area contributed by atoms with Crippen LogP contribution < -0.4 is 24.3 Å². The van der Waals surface area contributed by atoms with Crippen molar-refractivity contribution >= 4 is 5.91 Å². The molecule has 0 saturated carbocycles. The van der Waals surface area contributed by atoms with Gasteiger partial charge in [-0.05, 0) is 67.9 Å². The minimum Gasteiger partial charge on any atom is -0.497 e. The maximum atomic E-state index is 12.8. The third-order valence-electron chi connectivity index (χ3n) is 6.32. The van der Waals surface area contributed by atoms with Crippen LogP contribution in [-0.2, 0) is 17.9 Å². The van der Waals surface area contributed by atoms with E-state index in [1.54, 1.807) is 28.4 Å². The van der Waals surface area contributed by atoms with Crippen molar-refractivity contribution < 1.29 is 28.3 Å². The van der Waals surface area contributed by atoms with Gasteiger partial charge in [-0.1, -0.05) is 5.16 Å². The molecule has 36 heavy (non-hydrogen) atoms. The smallest absolute Gasteiger partial charge is 0.241 e. The van der Waals surface area contributed by atoms with Gasteiger partial charge in [0.2, 0.25) is 23.4 Å². The monoisotopic (exact) mass is 496 g/mol. The van der Waals surface area contributed by atoms with E-state index in [2.05, 4.69) is 20.4 Å². The van der Waals surface area contributed by atoms with E-state index in [-0.39, 0.29) is 11.8 Å². The maximum absolute atomic E-state index is 12.8. The number of hydrogen-bond acceptors (Lipinski definition) is 9. The van der Waals surface area contributed by atoms with E-state index in [9.17, 15) is 4.79 Å². The van der Waals surface area contributed by atoms with E-state index >= 15 is 0 Å². The number of benzene rings is 2. The van der Waals surface area contributed by atoms with Gasteiger partial charge >= 0.3 is 0 Å². The molecule has 0 bridgehead atoms. The molecule has 0 atom stereocenters. The first-order chi connectivity index (χ1) is 17.5. The molecule has 1 aliphatic rings. The number of aromatic nitrogens is 2. The molecule has 0 spiro atoms. The number of nitrogens with one attached hydrogen (secondary N) is 1. The highest BCUT2D eigenvalue weighted by Crippen LogP contribution is 2.38. The van der Waals surface area contributed by atoms with E-state index in [0.29, 0.717) is 42.1 Å². The van der Waals surface area contributed by atoms with Crippen LogP contribution >= 0.6 is 0 Å². The van der Waals surface area contributed by atoms with Gasteiger partial charge in [0.15, 0.2) is 11.5 Å². The summed E-state index contributed by atoms with van der Waals surface area (Å²) in [6.07, 6.45) is 1.53. The van der Waals surface area contributed by atoms with Crippen molar-refractivity contribution in [2.75, 3.05) is 41.5 Å². The van der Waals surface area contributed by atoms with Crippen molar-refractivity contribution in [1.29, 1.82) is 0 Å². The Bertz CT molecular complexity index is 1130. The summed E-state index contributed by atoms with van der Waals surface area (Å²) in [5, 5.41) is 7.14. The molecular weight excluding hydrogens is 464 g/mol. The zero-order valence-electron chi connectivity index (χ0n) is 21.1. The van der Waals surface area contributed by atoms with Gasteiger partial charge < -0.3 is 28.8 Å². The Morgan fingerprint density at radius 3 is 2.25 bits per heavy atom. The first-order valence-electron chi connectivity index (χ1n) is 11.8. The number of likely N-dealkylation sites (tertiary alicyclic amines) is 1. The third-order valence-corrected chi connectivity index (χ3v) is 6.32. The van der Waals surface area contributed by atoms with Gasteiger partial charge in [-0.2, -0.15) is 4.98 Å². The van der Waals surface area contributed by atoms with Crippen LogP contribution in [-0.4, -0.2) is 62.5 Å². The molecule has 1 amide bonds. The molecule has 1 aliphatic heterocycles. The predicted molar refractivity (Wildman–Crippen MR) is 132 cm³/mol. The number of amides is 1. The van der Waals surface area contributed by atoms with Crippen molar-refractivity contribution in [2.45, 2.75) is 25.9 Å². The zero-order valence-corrected chi connectivity index (χ0v) is 21.1. The number of hydrogen-bond donors (Lipinski definition) is 1. The second-order valence-electron chi connectivity index (χ2n) is 8.54. The number of rotatable bonds is 10. The van der Waals surface area contributed by atoms with Crippen molar-refractivity contribution in [1.82, 2.24) is 20.4 Å². The SMILES string of the molecule is COc1ccc(-c2noc(CN3CCC(C(=O)NCc4cc(OC)c(OC)c(OC)c4)CC3)n2)cc1. The highest BCUT2D eigenvalue weighted by atomic mass is 16.5. The highest BCUT2D eigenvalue weighted by molar-refractivity contribution is 5.78. The van der Waals surface area contributed by atoms with Gasteiger partial charge in [-0.25, -0.2) is 0 Å². The molecule has 2 aromatic carbocycles. The standard InChI is InChI=1S/C26H32N4O6/c1-32-20-7-5-18(6-8-20)25-28-23(36-29-25)16-30-11-9-19(10-12-30)26(31)27-15-17-13-21(33-2)24(35-4)22(14-17)34-3/h5-8,13-14,19H,9-12,15-16H2,1-4H3,(H,27,31). The molecule has 1 saturated heterocycles. The lowest BCUT2D eigenvalue weighted by Gasteiger charge is -2.30. The van der Waals surface area contributed by atoms with Crippen molar-refractivity contribution in [3.8, 4) is 34.4 Å². The number of methoxy groups -OCH3 is 4. The van der Waals surface area contributed by atoms with Gasteiger partial charge in [0.1, 0.15) is 5.75 Å². The van der Waals surface area contributed by atoms with Crippen LogP contribution in [0.1, 0.15) is 24.3 Å². The molecular formula is C26H32N4O6. The summed E-state index contributed by atoms with van der Waals surface area (Å²) in [4.78, 5) is 19.6. The van der Waals surface area contributed by atoms with Crippen LogP contribution in [0.5, 0.6) is 23.0 Å². The van der Waals surface area contributed by atoms with Gasteiger partial charge in [0.25, 0.3) is 0 Å². The normalized spacial score (nSPS) is 14.3. The van der Waals surface area contributed by atoms with Crippen LogP contribution in [0.4, 0.5) is 0 Å². The van der Waals surface area contributed by atoms with Crippen molar-refractivity contribution in [3.63, 3.8) is 0 Å². The van der Waals surface area contributed by atoms with Crippen LogP contribution in [0.25, 0.3) is 11.4 Å². The molecule has 2 heterocycles. The van der Waals surface area contributed by atoms with Gasteiger partial charge in [0.05, 0.1) is 35.0 Å². The van der Waals surface area contributed by atoms with E-state index in [1.165, 1.54) is 0 Å². The Kier molecular flexibility index (Phi) is 8.27. The number of carbonyl (C=O) groups is 1. The Balaban J connectivity index is 1.26. The molecule has 0 radical (unpaired) electrons. The molecule has 0 unspecified atom stereocenters. The molecule has 192 valence electrons. The lowest BCUT2D eigenvalue weighted by atomic mass is 9.96. The van der Waals surface area contributed by atoms with Crippen molar-refractivity contribution in [2.24, 2.45) is 5.92 Å². The minimum atomic E-state index is -0.0409. The molecule has 3 aromatic rings. The predicted octanol–water partition coefficient (Wildman–Crippen LogP) is 3.30. The van der Waals surface area contributed by atoms with Crippen LogP contribution in [0, 0.1) is 5.92 Å². The lowest BCUT2D eigenvalue weighted by Crippen LogP contribution is -2.40. The van der Waals surface area contributed by atoms with Crippen molar-refractivity contribution in [3.05, 3.63) is 47.9 Å². The number of carbonyl (C=O) groups excluding carboxylic acids is 1. The summed E-state index contributed by atoms with van der Waals surface area (Å²) >= 11 is 0. The fourth-order valence-corrected chi connectivity index (χ4v) is 4.29. The molecule has 0 aliphatic carbocycles. The van der Waals surface area contributed by atoms with Gasteiger partial charge in [-0.15, -0.1) is 0 Å². The largest absolute Gasteiger partial charge is 0.497 e. The summed E-state index contributed by atoms with van der Waals surface area (Å²) in [5.41, 5.74) is 1.74. The Hall–Kier alpha value is -3.79. The second kappa shape index (κ2) is 11.8. The first-order valence-corrected chi connectivity index (χ1v) is 11.8. The average Bonchev–Trinajstić information content (AvgIpc) is 3.39. The van der Waals surface area contributed by atoms with E-state index in [1.807, 2.05) is 36.4 Å². The van der Waals surface area contributed by atoms with E-state index in [4.69, 9.17) is 23.5 Å². The average molecular weight is 497 g/mol. The quantitative estimate of drug-likeness (QED) is 0.452. The summed E-state index contributed by atoms with van der Waals surface area (Å²) in [6, 6.07) is 11.2. The van der Waals surface area contributed by atoms with Crippen LogP contribution in [0.15, 0.2) is 40.9 Å². The number of piperidine rings is 1. The molecule has 1 aromatic heterocycles. The Morgan fingerprint density at radius 1 is 1.00 bits per heavy atom. The summed E-state index contributed by atoms with van der Waals surface area (Å²) < 4.78 is 26.8. The Labute approximate surface area is 210 Å². The third kappa shape index (κ3) is 5.88. The first kappa shape index (κ1) is 25.3. The summed E-state index contributed by atoms with van der Waals surface area (Å²) in [6.45, 7) is 2.50. The fraction of sp³-hybridized carbons (Fsp3) is 0.423. The number of nitrogens with zero attached hydrogens (tertiary/aromatic N) is 3. The molecule has 1 fully saturated rings. The molecule has 1 N–H and O–H groups in total. The molecule has 10 heteroatoms. The fourth-order valence-electron chi connectivity index (χ4n) is 4.29. The zero-order chi connectivity index (χ0) is 25.5. The lowest BCUT2D eigenvalue weighted by molar-refractivity contribution is -0.126. The van der Waals surface area contributed by atoms with Gasteiger partial charge in [0, 0.05) is 18.0 Å². The summed E-state index contributed by atoms with van der Waals surface area (Å²) in [7, 11) is 6.33. The Morgan fingerprint density at radius 2 is 1.67 bits per heavy atom.